The Morgan fingerprint density at radius 3 is 2.80 bits per heavy atom. The first-order valence-electron chi connectivity index (χ1n) is 6.34. The van der Waals surface area contributed by atoms with E-state index in [0.29, 0.717) is 18.8 Å². The highest BCUT2D eigenvalue weighted by molar-refractivity contribution is 7.89. The number of nitrogens with one attached hydrogen (secondary N) is 1. The van der Waals surface area contributed by atoms with Gasteiger partial charge >= 0.3 is 0 Å². The molecule has 0 unspecified atom stereocenters. The zero-order valence-corrected chi connectivity index (χ0v) is 12.0. The van der Waals surface area contributed by atoms with Crippen LogP contribution < -0.4 is 4.72 Å². The van der Waals surface area contributed by atoms with E-state index in [1.165, 1.54) is 12.3 Å². The van der Waals surface area contributed by atoms with Crippen LogP contribution in [0.5, 0.6) is 0 Å². The number of aliphatic hydroxyl groups excluding tert-OH is 1. The van der Waals surface area contributed by atoms with Gasteiger partial charge in [0.25, 0.3) is 0 Å². The third-order valence-corrected chi connectivity index (χ3v) is 4.39. The normalized spacial score (nSPS) is 11.9. The van der Waals surface area contributed by atoms with Gasteiger partial charge in [-0.15, -0.1) is 0 Å². The second kappa shape index (κ2) is 6.21. The summed E-state index contributed by atoms with van der Waals surface area (Å²) in [7, 11) is -3.56. The lowest BCUT2D eigenvalue weighted by Crippen LogP contribution is -2.27. The Bertz CT molecular complexity index is 625. The lowest BCUT2D eigenvalue weighted by molar-refractivity contribution is 0.271. The fraction of sp³-hybridized carbons (Fsp3) is 0.417. The summed E-state index contributed by atoms with van der Waals surface area (Å²) in [5, 5.41) is 13.2. The maximum Gasteiger partial charge on any atom is 0.242 e. The molecule has 0 spiro atoms. The van der Waals surface area contributed by atoms with Gasteiger partial charge in [0.15, 0.2) is 0 Å². The van der Waals surface area contributed by atoms with Crippen LogP contribution in [-0.2, 0) is 29.7 Å². The van der Waals surface area contributed by atoms with Crippen LogP contribution in [0.3, 0.4) is 0 Å². The Labute approximate surface area is 117 Å². The van der Waals surface area contributed by atoms with Crippen molar-refractivity contribution in [2.24, 2.45) is 0 Å². The molecule has 0 aliphatic carbocycles. The van der Waals surface area contributed by atoms with E-state index in [9.17, 15) is 13.5 Å². The van der Waals surface area contributed by atoms with Gasteiger partial charge in [-0.3, -0.25) is 4.68 Å². The predicted octanol–water partition coefficient (Wildman–Crippen LogP) is 0.175. The maximum atomic E-state index is 12.1. The number of aryl methyl sites for hydroxylation is 1. The first kappa shape index (κ1) is 14.8. The van der Waals surface area contributed by atoms with Gasteiger partial charge in [0, 0.05) is 37.4 Å². The molecule has 2 aromatic heterocycles. The van der Waals surface area contributed by atoms with Crippen LogP contribution in [0.4, 0.5) is 0 Å². The van der Waals surface area contributed by atoms with E-state index in [0.717, 1.165) is 0 Å². The molecule has 0 amide bonds. The molecule has 0 atom stereocenters. The van der Waals surface area contributed by atoms with Gasteiger partial charge in [-0.25, -0.2) is 13.1 Å². The lowest BCUT2D eigenvalue weighted by Gasteiger charge is -2.05. The highest BCUT2D eigenvalue weighted by atomic mass is 32.2. The van der Waals surface area contributed by atoms with Gasteiger partial charge in [-0.1, -0.05) is 0 Å². The minimum absolute atomic E-state index is 0.170. The first-order chi connectivity index (χ1) is 9.56. The van der Waals surface area contributed by atoms with Crippen molar-refractivity contribution in [3.8, 4) is 0 Å². The topological polar surface area (TPSA) is 89.2 Å². The molecule has 2 aromatic rings. The Kier molecular flexibility index (Phi) is 4.58. The smallest absolute Gasteiger partial charge is 0.242 e. The van der Waals surface area contributed by atoms with Crippen LogP contribution in [0.25, 0.3) is 0 Å². The number of aromatic nitrogens is 3. The number of aliphatic hydroxyl groups is 1. The number of hydrogen-bond acceptors (Lipinski definition) is 4. The van der Waals surface area contributed by atoms with E-state index in [1.54, 1.807) is 27.7 Å². The van der Waals surface area contributed by atoms with E-state index in [4.69, 9.17) is 0 Å². The standard InChI is InChI=1S/C12H18N4O3S/c1-2-15-9-12(8-11(15)10-17)20(18,19)14-5-7-16-6-3-4-13-16/h3-4,6,8-9,14,17H,2,5,7,10H2,1H3. The van der Waals surface area contributed by atoms with Crippen LogP contribution in [0.15, 0.2) is 35.6 Å². The average molecular weight is 298 g/mol. The van der Waals surface area contributed by atoms with E-state index >= 15 is 0 Å². The van der Waals surface area contributed by atoms with Crippen molar-refractivity contribution >= 4 is 10.0 Å². The van der Waals surface area contributed by atoms with Crippen molar-refractivity contribution in [1.82, 2.24) is 19.1 Å². The van der Waals surface area contributed by atoms with Crippen molar-refractivity contribution in [2.45, 2.75) is 31.5 Å². The molecule has 20 heavy (non-hydrogen) atoms. The molecule has 2 rings (SSSR count). The van der Waals surface area contributed by atoms with Crippen molar-refractivity contribution in [1.29, 1.82) is 0 Å². The summed E-state index contributed by atoms with van der Waals surface area (Å²) in [6, 6.07) is 3.27. The summed E-state index contributed by atoms with van der Waals surface area (Å²) >= 11 is 0. The fourth-order valence-electron chi connectivity index (χ4n) is 1.91. The summed E-state index contributed by atoms with van der Waals surface area (Å²) in [6.45, 7) is 3.04. The third-order valence-electron chi connectivity index (χ3n) is 2.97. The highest BCUT2D eigenvalue weighted by Crippen LogP contribution is 2.14. The maximum absolute atomic E-state index is 12.1. The van der Waals surface area contributed by atoms with Crippen molar-refractivity contribution in [3.63, 3.8) is 0 Å². The summed E-state index contributed by atoms with van der Waals surface area (Å²) in [5.41, 5.74) is 0.583. The number of hydrogen-bond donors (Lipinski definition) is 2. The molecule has 2 heterocycles. The Morgan fingerprint density at radius 2 is 2.25 bits per heavy atom. The van der Waals surface area contributed by atoms with Crippen LogP contribution in [0, 0.1) is 0 Å². The molecule has 0 aromatic carbocycles. The minimum Gasteiger partial charge on any atom is -0.390 e. The average Bonchev–Trinajstić information content (AvgIpc) is 3.07. The summed E-state index contributed by atoms with van der Waals surface area (Å²) in [4.78, 5) is 0.170. The van der Waals surface area contributed by atoms with Crippen LogP contribution in [0.2, 0.25) is 0 Å². The van der Waals surface area contributed by atoms with Gasteiger partial charge < -0.3 is 9.67 Å². The van der Waals surface area contributed by atoms with E-state index < -0.39 is 10.0 Å². The van der Waals surface area contributed by atoms with Gasteiger partial charge in [0.2, 0.25) is 10.0 Å². The second-order valence-electron chi connectivity index (χ2n) is 4.28. The number of sulfonamides is 1. The molecule has 0 fully saturated rings. The SMILES string of the molecule is CCn1cc(S(=O)(=O)NCCn2cccn2)cc1CO. The summed E-state index contributed by atoms with van der Waals surface area (Å²) < 4.78 is 30.1. The molecule has 8 heteroatoms. The molecule has 0 saturated heterocycles. The van der Waals surface area contributed by atoms with Gasteiger partial charge in [0.05, 0.1) is 18.0 Å². The zero-order valence-electron chi connectivity index (χ0n) is 11.2. The molecule has 110 valence electrons. The first-order valence-corrected chi connectivity index (χ1v) is 7.82. The van der Waals surface area contributed by atoms with Crippen LogP contribution in [-0.4, -0.2) is 34.4 Å². The van der Waals surface area contributed by atoms with Crippen LogP contribution >= 0.6 is 0 Å². The second-order valence-corrected chi connectivity index (χ2v) is 6.05. The number of rotatable bonds is 7. The Morgan fingerprint density at radius 1 is 1.45 bits per heavy atom. The van der Waals surface area contributed by atoms with Crippen LogP contribution in [0.1, 0.15) is 12.6 Å². The third kappa shape index (κ3) is 3.27. The van der Waals surface area contributed by atoms with Gasteiger partial charge in [-0.2, -0.15) is 5.10 Å². The largest absolute Gasteiger partial charge is 0.390 e. The van der Waals surface area contributed by atoms with E-state index in [1.807, 2.05) is 6.92 Å². The van der Waals surface area contributed by atoms with E-state index in [-0.39, 0.29) is 18.0 Å². The Balaban J connectivity index is 2.04. The van der Waals surface area contributed by atoms with E-state index in [2.05, 4.69) is 9.82 Å². The molecule has 7 nitrogen and oxygen atoms in total. The quantitative estimate of drug-likeness (QED) is 0.763. The van der Waals surface area contributed by atoms with Gasteiger partial charge in [-0.05, 0) is 19.1 Å². The summed E-state index contributed by atoms with van der Waals surface area (Å²) in [6.07, 6.45) is 4.94. The van der Waals surface area contributed by atoms with Gasteiger partial charge in [0.1, 0.15) is 0 Å². The van der Waals surface area contributed by atoms with Crippen molar-refractivity contribution in [3.05, 3.63) is 36.4 Å². The molecule has 0 bridgehead atoms. The molecule has 2 N–H and O–H groups in total. The number of nitrogens with zero attached hydrogens (tertiary/aromatic N) is 3. The predicted molar refractivity (Wildman–Crippen MR) is 73.4 cm³/mol. The molecule has 0 aliphatic rings. The Hall–Kier alpha value is -1.64. The highest BCUT2D eigenvalue weighted by Gasteiger charge is 2.17. The zero-order chi connectivity index (χ0) is 14.6. The minimum atomic E-state index is -3.56. The summed E-state index contributed by atoms with van der Waals surface area (Å²) in [5.74, 6) is 0. The monoisotopic (exact) mass is 298 g/mol. The lowest BCUT2D eigenvalue weighted by atomic mass is 10.4. The molecular weight excluding hydrogens is 280 g/mol. The molecule has 0 aliphatic heterocycles. The molecular formula is C12H18N4O3S. The fourth-order valence-corrected chi connectivity index (χ4v) is 2.99. The van der Waals surface area contributed by atoms with Crippen molar-refractivity contribution < 1.29 is 13.5 Å². The molecule has 0 radical (unpaired) electrons. The molecule has 0 saturated carbocycles. The van der Waals surface area contributed by atoms with Crippen molar-refractivity contribution in [2.75, 3.05) is 6.54 Å².